The molecule has 0 aliphatic rings. The summed E-state index contributed by atoms with van der Waals surface area (Å²) in [6, 6.07) is 16.7. The van der Waals surface area contributed by atoms with Crippen molar-refractivity contribution in [3.8, 4) is 0 Å². The molecule has 0 aliphatic carbocycles. The van der Waals surface area contributed by atoms with E-state index >= 15 is 0 Å². The van der Waals surface area contributed by atoms with Crippen molar-refractivity contribution in [3.63, 3.8) is 0 Å². The molecule has 0 radical (unpaired) electrons. The second-order valence-corrected chi connectivity index (χ2v) is 7.78. The second-order valence-electron chi connectivity index (χ2n) is 6.96. The van der Waals surface area contributed by atoms with Crippen LogP contribution in [0.15, 0.2) is 67.0 Å². The van der Waals surface area contributed by atoms with Gasteiger partial charge in [-0.1, -0.05) is 48.3 Å². The van der Waals surface area contributed by atoms with E-state index in [9.17, 15) is 4.79 Å². The summed E-state index contributed by atoms with van der Waals surface area (Å²) < 4.78 is 2.12. The van der Waals surface area contributed by atoms with Gasteiger partial charge >= 0.3 is 0 Å². The van der Waals surface area contributed by atoms with Crippen molar-refractivity contribution in [2.45, 2.75) is 25.9 Å². The first-order valence-electron chi connectivity index (χ1n) is 9.66. The van der Waals surface area contributed by atoms with Crippen molar-refractivity contribution in [2.75, 3.05) is 0 Å². The summed E-state index contributed by atoms with van der Waals surface area (Å²) in [5.74, 6) is 0.643. The highest BCUT2D eigenvalue weighted by molar-refractivity contribution is 6.42. The lowest BCUT2D eigenvalue weighted by Crippen LogP contribution is -2.30. The Morgan fingerprint density at radius 3 is 2.57 bits per heavy atom. The Morgan fingerprint density at radius 2 is 1.83 bits per heavy atom. The smallest absolute Gasteiger partial charge is 0.251 e. The molecule has 1 unspecified atom stereocenters. The Morgan fingerprint density at radius 1 is 1.07 bits per heavy atom. The van der Waals surface area contributed by atoms with Gasteiger partial charge in [-0.15, -0.1) is 0 Å². The summed E-state index contributed by atoms with van der Waals surface area (Å²) in [5.41, 5.74) is 3.44. The number of fused-ring (bicyclic) bond motifs is 1. The first-order valence-corrected chi connectivity index (χ1v) is 10.4. The Bertz CT molecular complexity index is 1190. The first-order chi connectivity index (χ1) is 14.6. The molecule has 1 amide bonds. The molecule has 4 aromatic rings. The van der Waals surface area contributed by atoms with E-state index < -0.39 is 0 Å². The largest absolute Gasteiger partial charge is 0.342 e. The quantitative estimate of drug-likeness (QED) is 0.421. The highest BCUT2D eigenvalue weighted by Gasteiger charge is 2.21. The van der Waals surface area contributed by atoms with Crippen LogP contribution in [0.5, 0.6) is 0 Å². The molecule has 0 aliphatic heterocycles. The molecule has 1 atom stereocenters. The van der Waals surface area contributed by atoms with Gasteiger partial charge in [0, 0.05) is 24.5 Å². The summed E-state index contributed by atoms with van der Waals surface area (Å²) in [7, 11) is 0. The minimum Gasteiger partial charge on any atom is -0.342 e. The number of aromatic nitrogens is 3. The molecule has 1 N–H and O–H groups in total. The topological polar surface area (TPSA) is 59.8 Å². The Hall–Kier alpha value is -2.89. The number of carbonyl (C=O) groups is 1. The number of para-hydroxylation sites is 2. The summed E-state index contributed by atoms with van der Waals surface area (Å²) in [6.07, 6.45) is 3.91. The predicted molar refractivity (Wildman–Crippen MR) is 120 cm³/mol. The number of hydrogen-bond donors (Lipinski definition) is 1. The molecule has 4 rings (SSSR count). The maximum absolute atomic E-state index is 12.7. The van der Waals surface area contributed by atoms with Crippen LogP contribution in [0.25, 0.3) is 11.0 Å². The number of nitrogens with zero attached hydrogens (tertiary/aromatic N) is 3. The SMILES string of the molecule is CCC(NC(=O)c1ccncc1)c1nc2ccccc2n1Cc1ccc(Cl)c(Cl)c1. The molecule has 30 heavy (non-hydrogen) atoms. The lowest BCUT2D eigenvalue weighted by Gasteiger charge is -2.19. The number of halogens is 2. The van der Waals surface area contributed by atoms with Crippen LogP contribution >= 0.6 is 23.2 Å². The number of hydrogen-bond acceptors (Lipinski definition) is 3. The highest BCUT2D eigenvalue weighted by Crippen LogP contribution is 2.27. The molecule has 2 aromatic carbocycles. The fraction of sp³-hybridized carbons (Fsp3) is 0.174. The summed E-state index contributed by atoms with van der Waals surface area (Å²) >= 11 is 12.3. The van der Waals surface area contributed by atoms with Gasteiger partial charge in [-0.2, -0.15) is 0 Å². The van der Waals surface area contributed by atoms with Crippen LogP contribution in [0.4, 0.5) is 0 Å². The van der Waals surface area contributed by atoms with Gasteiger partial charge in [0.05, 0.1) is 27.1 Å². The van der Waals surface area contributed by atoms with E-state index in [0.717, 1.165) is 22.4 Å². The fourth-order valence-corrected chi connectivity index (χ4v) is 3.76. The van der Waals surface area contributed by atoms with E-state index in [4.69, 9.17) is 28.2 Å². The maximum Gasteiger partial charge on any atom is 0.251 e. The van der Waals surface area contributed by atoms with Crippen molar-refractivity contribution < 1.29 is 4.79 Å². The number of nitrogens with one attached hydrogen (secondary N) is 1. The van der Waals surface area contributed by atoms with Gasteiger partial charge in [0.15, 0.2) is 0 Å². The summed E-state index contributed by atoms with van der Waals surface area (Å²) in [6.45, 7) is 2.59. The summed E-state index contributed by atoms with van der Waals surface area (Å²) in [4.78, 5) is 21.6. The third-order valence-corrected chi connectivity index (χ3v) is 5.72. The monoisotopic (exact) mass is 438 g/mol. The molecule has 0 saturated heterocycles. The van der Waals surface area contributed by atoms with E-state index in [-0.39, 0.29) is 11.9 Å². The van der Waals surface area contributed by atoms with Gasteiger partial charge in [-0.25, -0.2) is 4.98 Å². The molecule has 0 fully saturated rings. The Balaban J connectivity index is 1.72. The number of imidazole rings is 1. The van der Waals surface area contributed by atoms with Gasteiger partial charge in [-0.3, -0.25) is 9.78 Å². The van der Waals surface area contributed by atoms with Crippen LogP contribution < -0.4 is 5.32 Å². The van der Waals surface area contributed by atoms with E-state index in [1.165, 1.54) is 0 Å². The molecule has 2 aromatic heterocycles. The average molecular weight is 439 g/mol. The lowest BCUT2D eigenvalue weighted by molar-refractivity contribution is 0.0933. The van der Waals surface area contributed by atoms with Crippen LogP contribution in [0.1, 0.15) is 41.1 Å². The standard InChI is InChI=1S/C23H20Cl2N4O/c1-2-19(28-23(30)16-9-11-26-12-10-16)22-27-20-5-3-4-6-21(20)29(22)14-15-7-8-17(24)18(25)13-15/h3-13,19H,2,14H2,1H3,(H,28,30). The molecule has 0 bridgehead atoms. The molecular weight excluding hydrogens is 419 g/mol. The van der Waals surface area contributed by atoms with Gasteiger partial charge in [0.1, 0.15) is 5.82 Å². The lowest BCUT2D eigenvalue weighted by atomic mass is 10.1. The second kappa shape index (κ2) is 8.86. The predicted octanol–water partition coefficient (Wildman–Crippen LogP) is 5.67. The number of pyridine rings is 1. The zero-order valence-electron chi connectivity index (χ0n) is 16.3. The maximum atomic E-state index is 12.7. The number of carbonyl (C=O) groups excluding carboxylic acids is 1. The molecule has 7 heteroatoms. The van der Waals surface area contributed by atoms with Gasteiger partial charge < -0.3 is 9.88 Å². The van der Waals surface area contributed by atoms with Crippen molar-refractivity contribution in [3.05, 3.63) is 94.0 Å². The Labute approximate surface area is 184 Å². The fourth-order valence-electron chi connectivity index (χ4n) is 3.44. The van der Waals surface area contributed by atoms with Crippen molar-refractivity contribution in [1.29, 1.82) is 0 Å². The number of rotatable bonds is 6. The van der Waals surface area contributed by atoms with Crippen LogP contribution in [-0.4, -0.2) is 20.4 Å². The van der Waals surface area contributed by atoms with Crippen LogP contribution in [0.2, 0.25) is 10.0 Å². The molecule has 2 heterocycles. The first kappa shape index (κ1) is 20.4. The third-order valence-electron chi connectivity index (χ3n) is 4.98. The normalized spacial score (nSPS) is 12.1. The van der Waals surface area contributed by atoms with Crippen LogP contribution in [0, 0.1) is 0 Å². The molecule has 0 saturated carbocycles. The minimum atomic E-state index is -0.249. The van der Waals surface area contributed by atoms with Crippen LogP contribution in [0.3, 0.4) is 0 Å². The van der Waals surface area contributed by atoms with E-state index in [0.29, 0.717) is 28.6 Å². The van der Waals surface area contributed by atoms with Gasteiger partial charge in [0.2, 0.25) is 0 Å². The Kier molecular flexibility index (Phi) is 6.02. The minimum absolute atomic E-state index is 0.155. The zero-order valence-corrected chi connectivity index (χ0v) is 17.9. The van der Waals surface area contributed by atoms with Crippen LogP contribution in [-0.2, 0) is 6.54 Å². The van der Waals surface area contributed by atoms with Gasteiger partial charge in [-0.05, 0) is 48.4 Å². The summed E-state index contributed by atoms with van der Waals surface area (Å²) in [5, 5.41) is 4.14. The number of amides is 1. The van der Waals surface area contributed by atoms with Crippen molar-refractivity contribution in [1.82, 2.24) is 19.9 Å². The molecule has 152 valence electrons. The molecule has 5 nitrogen and oxygen atoms in total. The third kappa shape index (κ3) is 4.18. The molecular formula is C23H20Cl2N4O. The average Bonchev–Trinajstić information content (AvgIpc) is 3.13. The van der Waals surface area contributed by atoms with Crippen molar-refractivity contribution in [2.24, 2.45) is 0 Å². The van der Waals surface area contributed by atoms with Gasteiger partial charge in [0.25, 0.3) is 5.91 Å². The molecule has 0 spiro atoms. The zero-order chi connectivity index (χ0) is 21.1. The van der Waals surface area contributed by atoms with Crippen molar-refractivity contribution >= 4 is 40.1 Å². The van der Waals surface area contributed by atoms with E-state index in [1.54, 1.807) is 30.6 Å². The van der Waals surface area contributed by atoms with E-state index in [1.807, 2.05) is 43.3 Å². The highest BCUT2D eigenvalue weighted by atomic mass is 35.5. The van der Waals surface area contributed by atoms with E-state index in [2.05, 4.69) is 14.9 Å². The number of benzene rings is 2.